The van der Waals surface area contributed by atoms with Gasteiger partial charge in [0.2, 0.25) is 0 Å². The van der Waals surface area contributed by atoms with Crippen molar-refractivity contribution in [2.24, 2.45) is 5.41 Å². The molecule has 4 nitrogen and oxygen atoms in total. The first-order chi connectivity index (χ1) is 9.98. The van der Waals surface area contributed by atoms with Crippen molar-refractivity contribution in [2.75, 3.05) is 13.2 Å². The van der Waals surface area contributed by atoms with Gasteiger partial charge in [-0.15, -0.1) is 0 Å². The highest BCUT2D eigenvalue weighted by Crippen LogP contribution is 2.31. The number of hydrogen-bond acceptors (Lipinski definition) is 3. The van der Waals surface area contributed by atoms with E-state index in [2.05, 4.69) is 18.0 Å². The van der Waals surface area contributed by atoms with Gasteiger partial charge >= 0.3 is 0 Å². The molecule has 1 fully saturated rings. The van der Waals surface area contributed by atoms with Gasteiger partial charge in [0.05, 0.1) is 17.2 Å². The van der Waals surface area contributed by atoms with Crippen LogP contribution in [0.2, 0.25) is 0 Å². The lowest BCUT2D eigenvalue weighted by molar-refractivity contribution is 0.0150. The monoisotopic (exact) mass is 286 g/mol. The molecular weight excluding hydrogens is 264 g/mol. The van der Waals surface area contributed by atoms with Crippen LogP contribution in [0.15, 0.2) is 23.3 Å². The second kappa shape index (κ2) is 5.26. The van der Waals surface area contributed by atoms with Crippen LogP contribution in [0.4, 0.5) is 0 Å². The first kappa shape index (κ1) is 14.3. The first-order valence-corrected chi connectivity index (χ1v) is 7.53. The maximum Gasteiger partial charge on any atom is 0.261 e. The zero-order valence-corrected chi connectivity index (χ0v) is 13.0. The number of nitrogens with zero attached hydrogens (tertiary/aromatic N) is 2. The zero-order chi connectivity index (χ0) is 15.0. The van der Waals surface area contributed by atoms with Crippen LogP contribution in [0, 0.1) is 19.3 Å². The average Bonchev–Trinajstić information content (AvgIpc) is 2.43. The molecule has 4 heteroatoms. The van der Waals surface area contributed by atoms with Crippen molar-refractivity contribution in [2.45, 2.75) is 40.2 Å². The molecule has 0 saturated carbocycles. The summed E-state index contributed by atoms with van der Waals surface area (Å²) in [5, 5.41) is 0.727. The molecule has 1 aromatic heterocycles. The molecule has 0 unspecified atom stereocenters. The fourth-order valence-corrected chi connectivity index (χ4v) is 3.18. The smallest absolute Gasteiger partial charge is 0.261 e. The average molecular weight is 286 g/mol. The van der Waals surface area contributed by atoms with E-state index in [1.165, 1.54) is 0 Å². The van der Waals surface area contributed by atoms with Crippen LogP contribution in [0.25, 0.3) is 10.9 Å². The molecule has 0 N–H and O–H groups in total. The minimum Gasteiger partial charge on any atom is -0.381 e. The molecule has 112 valence electrons. The van der Waals surface area contributed by atoms with Gasteiger partial charge in [0.25, 0.3) is 5.56 Å². The van der Waals surface area contributed by atoms with E-state index in [0.29, 0.717) is 6.54 Å². The van der Waals surface area contributed by atoms with Crippen LogP contribution in [-0.2, 0) is 11.3 Å². The molecule has 1 aliphatic heterocycles. The number of hydrogen-bond donors (Lipinski definition) is 0. The van der Waals surface area contributed by atoms with E-state index in [-0.39, 0.29) is 11.0 Å². The molecule has 1 aromatic carbocycles. The Balaban J connectivity index is 2.04. The van der Waals surface area contributed by atoms with Crippen LogP contribution in [0.1, 0.15) is 30.9 Å². The predicted octanol–water partition coefficient (Wildman–Crippen LogP) is 2.83. The summed E-state index contributed by atoms with van der Waals surface area (Å²) in [6.07, 6.45) is 3.68. The molecule has 1 saturated heterocycles. The van der Waals surface area contributed by atoms with E-state index < -0.39 is 0 Å². The Labute approximate surface area is 124 Å². The Kier molecular flexibility index (Phi) is 3.57. The lowest BCUT2D eigenvalue weighted by Crippen LogP contribution is -2.35. The van der Waals surface area contributed by atoms with Crippen LogP contribution in [0.3, 0.4) is 0 Å². The molecule has 0 spiro atoms. The topological polar surface area (TPSA) is 44.1 Å². The fraction of sp³-hybridized carbons (Fsp3) is 0.529. The highest BCUT2D eigenvalue weighted by atomic mass is 16.5. The van der Waals surface area contributed by atoms with Crippen molar-refractivity contribution in [1.29, 1.82) is 0 Å². The fourth-order valence-electron chi connectivity index (χ4n) is 3.18. The maximum atomic E-state index is 12.7. The van der Waals surface area contributed by atoms with Gasteiger partial charge in [-0.05, 0) is 49.3 Å². The van der Waals surface area contributed by atoms with Gasteiger partial charge < -0.3 is 4.74 Å². The third-order valence-electron chi connectivity index (χ3n) is 4.51. The van der Waals surface area contributed by atoms with Gasteiger partial charge in [0, 0.05) is 19.8 Å². The van der Waals surface area contributed by atoms with E-state index in [9.17, 15) is 4.79 Å². The van der Waals surface area contributed by atoms with E-state index in [4.69, 9.17) is 4.74 Å². The standard InChI is InChI=1S/C17H22N2O2/c1-12-8-13(2)15-14(9-12)16(20)19(11-18-15)10-17(3)4-6-21-7-5-17/h8-9,11H,4-7,10H2,1-3H3. The summed E-state index contributed by atoms with van der Waals surface area (Å²) < 4.78 is 7.20. The number of aryl methyl sites for hydroxylation is 2. The molecule has 3 rings (SSSR count). The van der Waals surface area contributed by atoms with Crippen LogP contribution in [0.5, 0.6) is 0 Å². The minimum absolute atomic E-state index is 0.0690. The first-order valence-electron chi connectivity index (χ1n) is 7.53. The molecule has 21 heavy (non-hydrogen) atoms. The Morgan fingerprint density at radius 3 is 2.71 bits per heavy atom. The van der Waals surface area contributed by atoms with Crippen molar-refractivity contribution < 1.29 is 4.74 Å². The summed E-state index contributed by atoms with van der Waals surface area (Å²) >= 11 is 0. The van der Waals surface area contributed by atoms with Crippen molar-refractivity contribution in [3.05, 3.63) is 39.9 Å². The Morgan fingerprint density at radius 1 is 1.29 bits per heavy atom. The van der Waals surface area contributed by atoms with Gasteiger partial charge in [-0.3, -0.25) is 9.36 Å². The molecule has 1 aliphatic rings. The Morgan fingerprint density at radius 2 is 2.00 bits per heavy atom. The second-order valence-electron chi connectivity index (χ2n) is 6.58. The van der Waals surface area contributed by atoms with Crippen molar-refractivity contribution in [3.8, 4) is 0 Å². The summed E-state index contributed by atoms with van der Waals surface area (Å²) in [5.41, 5.74) is 3.18. The highest BCUT2D eigenvalue weighted by molar-refractivity contribution is 5.81. The SMILES string of the molecule is Cc1cc(C)c2ncn(CC3(C)CCOCC3)c(=O)c2c1. The second-order valence-corrected chi connectivity index (χ2v) is 6.58. The van der Waals surface area contributed by atoms with Gasteiger partial charge in [0.1, 0.15) is 0 Å². The predicted molar refractivity (Wildman–Crippen MR) is 83.6 cm³/mol. The third-order valence-corrected chi connectivity index (χ3v) is 4.51. The van der Waals surface area contributed by atoms with Crippen molar-refractivity contribution in [3.63, 3.8) is 0 Å². The summed E-state index contributed by atoms with van der Waals surface area (Å²) in [7, 11) is 0. The molecule has 2 heterocycles. The normalized spacial score (nSPS) is 18.0. The molecule has 0 amide bonds. The van der Waals surface area contributed by atoms with E-state index >= 15 is 0 Å². The Hall–Kier alpha value is -1.68. The maximum absolute atomic E-state index is 12.7. The van der Waals surface area contributed by atoms with E-state index in [0.717, 1.165) is 48.1 Å². The zero-order valence-electron chi connectivity index (χ0n) is 13.0. The van der Waals surface area contributed by atoms with Crippen molar-refractivity contribution in [1.82, 2.24) is 9.55 Å². The largest absolute Gasteiger partial charge is 0.381 e. The van der Waals surface area contributed by atoms with Crippen LogP contribution in [-0.4, -0.2) is 22.8 Å². The lowest BCUT2D eigenvalue weighted by atomic mass is 9.82. The summed E-state index contributed by atoms with van der Waals surface area (Å²) in [6, 6.07) is 4.01. The summed E-state index contributed by atoms with van der Waals surface area (Å²) in [6.45, 7) is 8.53. The number of benzene rings is 1. The molecule has 0 radical (unpaired) electrons. The van der Waals surface area contributed by atoms with E-state index in [1.807, 2.05) is 19.9 Å². The number of rotatable bonds is 2. The van der Waals surface area contributed by atoms with Crippen LogP contribution >= 0.6 is 0 Å². The van der Waals surface area contributed by atoms with Crippen molar-refractivity contribution >= 4 is 10.9 Å². The van der Waals surface area contributed by atoms with Gasteiger partial charge in [-0.2, -0.15) is 0 Å². The molecule has 0 bridgehead atoms. The molecule has 2 aromatic rings. The molecule has 0 atom stereocenters. The lowest BCUT2D eigenvalue weighted by Gasteiger charge is -2.33. The highest BCUT2D eigenvalue weighted by Gasteiger charge is 2.28. The Bertz CT molecular complexity index is 727. The third kappa shape index (κ3) is 2.72. The molecule has 0 aliphatic carbocycles. The van der Waals surface area contributed by atoms with Gasteiger partial charge in [0.15, 0.2) is 0 Å². The number of ether oxygens (including phenoxy) is 1. The molecular formula is C17H22N2O2. The number of aromatic nitrogens is 2. The quantitative estimate of drug-likeness (QED) is 0.852. The van der Waals surface area contributed by atoms with E-state index in [1.54, 1.807) is 10.9 Å². The van der Waals surface area contributed by atoms with Gasteiger partial charge in [-0.1, -0.05) is 13.0 Å². The summed E-state index contributed by atoms with van der Waals surface area (Å²) in [4.78, 5) is 17.3. The summed E-state index contributed by atoms with van der Waals surface area (Å²) in [5.74, 6) is 0. The minimum atomic E-state index is 0.0690. The van der Waals surface area contributed by atoms with Gasteiger partial charge in [-0.25, -0.2) is 4.98 Å². The number of fused-ring (bicyclic) bond motifs is 1. The van der Waals surface area contributed by atoms with Crippen LogP contribution < -0.4 is 5.56 Å².